The minimum Gasteiger partial charge on any atom is -0.308 e. The minimum atomic E-state index is -4.53. The maximum absolute atomic E-state index is 12.7. The first-order valence-electron chi connectivity index (χ1n) is 5.17. The zero-order valence-electron chi connectivity index (χ0n) is 9.73. The first kappa shape index (κ1) is 14.3. The van der Waals surface area contributed by atoms with Gasteiger partial charge in [0.1, 0.15) is 10.8 Å². The Morgan fingerprint density at radius 3 is 2.70 bits per heavy atom. The van der Waals surface area contributed by atoms with Crippen LogP contribution >= 0.6 is 11.8 Å². The van der Waals surface area contributed by atoms with Crippen LogP contribution < -0.4 is 16.8 Å². The largest absolute Gasteiger partial charge is 0.416 e. The number of H-pyrrole nitrogens is 1. The number of hydrogen-bond acceptors (Lipinski definition) is 6. The molecule has 0 radical (unpaired) electrons. The highest BCUT2D eigenvalue weighted by atomic mass is 32.2. The van der Waals surface area contributed by atoms with Crippen LogP contribution in [-0.2, 0) is 6.18 Å². The van der Waals surface area contributed by atoms with E-state index in [1.807, 2.05) is 0 Å². The third-order valence-electron chi connectivity index (χ3n) is 2.13. The number of nitrogens with zero attached hydrogens (tertiary/aromatic N) is 2. The van der Waals surface area contributed by atoms with Crippen molar-refractivity contribution in [3.8, 4) is 0 Å². The van der Waals surface area contributed by atoms with Gasteiger partial charge in [-0.1, -0.05) is 0 Å². The first-order chi connectivity index (χ1) is 9.38. The number of alkyl halides is 3. The molecule has 0 bridgehead atoms. The van der Waals surface area contributed by atoms with E-state index in [9.17, 15) is 18.0 Å². The van der Waals surface area contributed by atoms with Crippen LogP contribution in [0.3, 0.4) is 0 Å². The Bertz CT molecular complexity index is 672. The molecule has 2 rings (SSSR count). The summed E-state index contributed by atoms with van der Waals surface area (Å²) in [7, 11) is 0. The minimum absolute atomic E-state index is 0.00197. The van der Waals surface area contributed by atoms with Gasteiger partial charge in [0.25, 0.3) is 5.56 Å². The summed E-state index contributed by atoms with van der Waals surface area (Å²) in [6.45, 7) is 0. The quantitative estimate of drug-likeness (QED) is 0.453. The van der Waals surface area contributed by atoms with Gasteiger partial charge < -0.3 is 10.4 Å². The zero-order valence-corrected chi connectivity index (χ0v) is 10.5. The van der Waals surface area contributed by atoms with E-state index in [0.717, 1.165) is 23.9 Å². The number of nitrogens with one attached hydrogen (secondary N) is 2. The van der Waals surface area contributed by atoms with Gasteiger partial charge in [0.15, 0.2) is 5.16 Å². The maximum Gasteiger partial charge on any atom is 0.416 e. The first-order valence-corrected chi connectivity index (χ1v) is 5.99. The zero-order chi connectivity index (χ0) is 14.8. The van der Waals surface area contributed by atoms with Crippen LogP contribution in [0.1, 0.15) is 5.56 Å². The third kappa shape index (κ3) is 3.48. The second-order valence-electron chi connectivity index (χ2n) is 3.56. The number of nitrogens with two attached hydrogens (primary N) is 1. The van der Waals surface area contributed by atoms with Crippen molar-refractivity contribution in [3.63, 3.8) is 0 Å². The Morgan fingerprint density at radius 1 is 1.35 bits per heavy atom. The Morgan fingerprint density at radius 2 is 2.10 bits per heavy atom. The summed E-state index contributed by atoms with van der Waals surface area (Å²) in [5.41, 5.74) is 0.748. The molecule has 0 aromatic carbocycles. The van der Waals surface area contributed by atoms with Gasteiger partial charge in [-0.2, -0.15) is 13.2 Å². The van der Waals surface area contributed by atoms with Crippen molar-refractivity contribution < 1.29 is 13.2 Å². The molecule has 0 saturated heterocycles. The summed E-state index contributed by atoms with van der Waals surface area (Å²) in [6, 6.07) is 2.82. The Balaban J connectivity index is 2.38. The SMILES string of the molecule is NNc1cc(C(F)(F)F)cc(Sc2nccc(=O)[nH]2)n1. The van der Waals surface area contributed by atoms with E-state index >= 15 is 0 Å². The smallest absolute Gasteiger partial charge is 0.308 e. The molecule has 0 fully saturated rings. The summed E-state index contributed by atoms with van der Waals surface area (Å²) in [5, 5.41) is 0.134. The summed E-state index contributed by atoms with van der Waals surface area (Å²) in [4.78, 5) is 21.1. The van der Waals surface area contributed by atoms with Crippen molar-refractivity contribution in [2.24, 2.45) is 5.84 Å². The van der Waals surface area contributed by atoms with Crippen LogP contribution in [0.25, 0.3) is 0 Å². The van der Waals surface area contributed by atoms with E-state index in [-0.39, 0.29) is 16.0 Å². The van der Waals surface area contributed by atoms with Crippen molar-refractivity contribution in [3.05, 3.63) is 40.3 Å². The normalized spacial score (nSPS) is 11.4. The second kappa shape index (κ2) is 5.51. The predicted octanol–water partition coefficient (Wildman–Crippen LogP) is 1.62. The van der Waals surface area contributed by atoms with Crippen molar-refractivity contribution >= 4 is 17.6 Å². The molecule has 10 heteroatoms. The van der Waals surface area contributed by atoms with E-state index in [0.29, 0.717) is 0 Å². The van der Waals surface area contributed by atoms with Crippen molar-refractivity contribution in [2.75, 3.05) is 5.43 Å². The van der Waals surface area contributed by atoms with Crippen LogP contribution in [0.4, 0.5) is 19.0 Å². The van der Waals surface area contributed by atoms with Gasteiger partial charge >= 0.3 is 6.18 Å². The summed E-state index contributed by atoms with van der Waals surface area (Å²) < 4.78 is 38.1. The highest BCUT2D eigenvalue weighted by Crippen LogP contribution is 2.33. The van der Waals surface area contributed by atoms with Gasteiger partial charge in [0.2, 0.25) is 0 Å². The van der Waals surface area contributed by atoms with Gasteiger partial charge in [-0.3, -0.25) is 4.79 Å². The summed E-state index contributed by atoms with van der Waals surface area (Å²) in [5.74, 6) is 4.95. The number of rotatable bonds is 3. The summed E-state index contributed by atoms with van der Waals surface area (Å²) >= 11 is 0.788. The molecule has 20 heavy (non-hydrogen) atoms. The molecule has 0 aliphatic heterocycles. The van der Waals surface area contributed by atoms with Crippen LogP contribution in [0.2, 0.25) is 0 Å². The van der Waals surface area contributed by atoms with E-state index in [4.69, 9.17) is 5.84 Å². The molecule has 0 aliphatic carbocycles. The van der Waals surface area contributed by atoms with Crippen LogP contribution in [0.5, 0.6) is 0 Å². The second-order valence-corrected chi connectivity index (χ2v) is 4.57. The van der Waals surface area contributed by atoms with Crippen LogP contribution in [0, 0.1) is 0 Å². The number of aromatic nitrogens is 3. The fourth-order valence-electron chi connectivity index (χ4n) is 1.30. The highest BCUT2D eigenvalue weighted by molar-refractivity contribution is 7.99. The van der Waals surface area contributed by atoms with E-state index in [1.165, 1.54) is 12.3 Å². The van der Waals surface area contributed by atoms with Gasteiger partial charge in [-0.15, -0.1) is 0 Å². The van der Waals surface area contributed by atoms with Crippen molar-refractivity contribution in [1.82, 2.24) is 15.0 Å². The van der Waals surface area contributed by atoms with Gasteiger partial charge in [-0.05, 0) is 23.9 Å². The van der Waals surface area contributed by atoms with Gasteiger partial charge in [0, 0.05) is 12.3 Å². The molecule has 2 heterocycles. The average molecular weight is 303 g/mol. The van der Waals surface area contributed by atoms with Gasteiger partial charge in [0.05, 0.1) is 5.56 Å². The lowest BCUT2D eigenvalue weighted by atomic mass is 10.2. The lowest BCUT2D eigenvalue weighted by Gasteiger charge is -2.10. The number of nitrogen functional groups attached to an aromatic ring is 1. The molecule has 0 unspecified atom stereocenters. The number of pyridine rings is 1. The van der Waals surface area contributed by atoms with Crippen molar-refractivity contribution in [1.29, 1.82) is 0 Å². The molecular formula is C10H8F3N5OS. The molecule has 4 N–H and O–H groups in total. The maximum atomic E-state index is 12.7. The topological polar surface area (TPSA) is 96.7 Å². The molecule has 0 aliphatic rings. The van der Waals surface area contributed by atoms with Gasteiger partial charge in [-0.25, -0.2) is 15.8 Å². The fourth-order valence-corrected chi connectivity index (χ4v) is 2.09. The monoisotopic (exact) mass is 303 g/mol. The molecule has 0 saturated carbocycles. The number of hydrazine groups is 1. The Hall–Kier alpha value is -2.07. The summed E-state index contributed by atoms with van der Waals surface area (Å²) in [6.07, 6.45) is -3.28. The third-order valence-corrected chi connectivity index (χ3v) is 2.95. The van der Waals surface area contributed by atoms with Crippen LogP contribution in [-0.4, -0.2) is 15.0 Å². The van der Waals surface area contributed by atoms with E-state index in [1.54, 1.807) is 0 Å². The molecule has 0 spiro atoms. The highest BCUT2D eigenvalue weighted by Gasteiger charge is 2.31. The van der Waals surface area contributed by atoms with E-state index in [2.05, 4.69) is 20.4 Å². The number of hydrogen-bond donors (Lipinski definition) is 3. The number of anilines is 1. The average Bonchev–Trinajstić information content (AvgIpc) is 2.37. The fraction of sp³-hybridized carbons (Fsp3) is 0.100. The van der Waals surface area contributed by atoms with E-state index < -0.39 is 17.3 Å². The lowest BCUT2D eigenvalue weighted by Crippen LogP contribution is -2.12. The molecule has 0 atom stereocenters. The molecule has 106 valence electrons. The Kier molecular flexibility index (Phi) is 3.95. The molecule has 0 amide bonds. The molecule has 2 aromatic heterocycles. The molecular weight excluding hydrogens is 295 g/mol. The molecule has 2 aromatic rings. The number of aromatic amines is 1. The number of halogens is 3. The molecule has 6 nitrogen and oxygen atoms in total. The van der Waals surface area contributed by atoms with Crippen LogP contribution in [0.15, 0.2) is 39.4 Å². The standard InChI is InChI=1S/C10H8F3N5OS/c11-10(12,13)5-3-6(18-14)16-8(4-5)20-9-15-2-1-7(19)17-9/h1-4H,14H2,(H,16,18)(H,15,17,19). The predicted molar refractivity (Wildman–Crippen MR) is 66.0 cm³/mol. The Labute approximate surface area is 114 Å². The van der Waals surface area contributed by atoms with Crippen molar-refractivity contribution in [2.45, 2.75) is 16.4 Å². The lowest BCUT2D eigenvalue weighted by molar-refractivity contribution is -0.137.